The second kappa shape index (κ2) is 10.7. The minimum atomic E-state index is -4.49. The molecule has 0 radical (unpaired) electrons. The van der Waals surface area contributed by atoms with Crippen molar-refractivity contribution in [3.8, 4) is 0 Å². The van der Waals surface area contributed by atoms with Crippen molar-refractivity contribution >= 4 is 29.1 Å². The fraction of sp³-hybridized carbons (Fsp3) is 0.269. The Labute approximate surface area is 206 Å². The van der Waals surface area contributed by atoms with Gasteiger partial charge in [-0.25, -0.2) is 9.78 Å². The molecule has 1 saturated heterocycles. The maximum absolute atomic E-state index is 13.0. The second-order valence-corrected chi connectivity index (χ2v) is 8.51. The lowest BCUT2D eigenvalue weighted by molar-refractivity contribution is -0.137. The number of nitrogens with one attached hydrogen (secondary N) is 2. The van der Waals surface area contributed by atoms with E-state index in [0.717, 1.165) is 30.7 Å². The molecule has 36 heavy (non-hydrogen) atoms. The van der Waals surface area contributed by atoms with Crippen LogP contribution in [0, 0.1) is 6.92 Å². The Balaban J connectivity index is 1.33. The molecule has 0 bridgehead atoms. The van der Waals surface area contributed by atoms with Crippen molar-refractivity contribution in [2.75, 3.05) is 41.7 Å². The zero-order valence-electron chi connectivity index (χ0n) is 19.7. The van der Waals surface area contributed by atoms with E-state index in [9.17, 15) is 22.8 Å². The van der Waals surface area contributed by atoms with Crippen molar-refractivity contribution in [2.45, 2.75) is 19.5 Å². The number of urea groups is 1. The molecule has 2 heterocycles. The number of hydrogen-bond donors (Lipinski definition) is 2. The number of rotatable bonds is 4. The average molecular weight is 498 g/mol. The van der Waals surface area contributed by atoms with Gasteiger partial charge in [0, 0.05) is 37.4 Å². The number of hydrogen-bond acceptors (Lipinski definition) is 4. The maximum atomic E-state index is 13.0. The van der Waals surface area contributed by atoms with Gasteiger partial charge < -0.3 is 20.4 Å². The predicted molar refractivity (Wildman–Crippen MR) is 132 cm³/mol. The number of aromatic nitrogens is 1. The summed E-state index contributed by atoms with van der Waals surface area (Å²) >= 11 is 0. The number of carbonyl (C=O) groups is 2. The molecule has 0 atom stereocenters. The van der Waals surface area contributed by atoms with E-state index in [1.807, 2.05) is 36.1 Å². The Bertz CT molecular complexity index is 1230. The van der Waals surface area contributed by atoms with Gasteiger partial charge in [0.1, 0.15) is 5.82 Å². The van der Waals surface area contributed by atoms with Crippen LogP contribution in [0.5, 0.6) is 0 Å². The van der Waals surface area contributed by atoms with Crippen LogP contribution >= 0.6 is 0 Å². The van der Waals surface area contributed by atoms with Crippen LogP contribution in [0.3, 0.4) is 0 Å². The molecular weight excluding hydrogens is 471 g/mol. The van der Waals surface area contributed by atoms with Gasteiger partial charge in [-0.1, -0.05) is 24.3 Å². The third-order valence-electron chi connectivity index (χ3n) is 5.94. The average Bonchev–Trinajstić information content (AvgIpc) is 3.10. The fourth-order valence-corrected chi connectivity index (χ4v) is 4.05. The minimum absolute atomic E-state index is 0.0224. The van der Waals surface area contributed by atoms with Crippen LogP contribution in [-0.4, -0.2) is 48.0 Å². The van der Waals surface area contributed by atoms with E-state index in [2.05, 4.69) is 20.5 Å². The molecule has 3 aromatic rings. The number of amides is 3. The molecule has 1 fully saturated rings. The molecule has 0 saturated carbocycles. The summed E-state index contributed by atoms with van der Waals surface area (Å²) in [7, 11) is 0. The van der Waals surface area contributed by atoms with E-state index in [4.69, 9.17) is 0 Å². The lowest BCUT2D eigenvalue weighted by atomic mass is 10.1. The summed E-state index contributed by atoms with van der Waals surface area (Å²) < 4.78 is 38.6. The third-order valence-corrected chi connectivity index (χ3v) is 5.94. The molecule has 188 valence electrons. The van der Waals surface area contributed by atoms with Crippen LogP contribution in [0.2, 0.25) is 0 Å². The molecule has 1 aliphatic rings. The predicted octanol–water partition coefficient (Wildman–Crippen LogP) is 5.41. The molecule has 4 rings (SSSR count). The number of aryl methyl sites for hydroxylation is 1. The van der Waals surface area contributed by atoms with E-state index in [-0.39, 0.29) is 11.6 Å². The Morgan fingerprint density at radius 2 is 1.67 bits per heavy atom. The van der Waals surface area contributed by atoms with Gasteiger partial charge in [-0.05, 0) is 55.3 Å². The number of anilines is 3. The number of benzene rings is 2. The standard InChI is InChI=1S/C26H26F3N5O2/c1-18-6-2-3-9-22(18)24(35)34-13-5-12-33(14-15-34)23-11-10-21(17-30-23)32-25(36)31-20-8-4-7-19(16-20)26(27,28)29/h2-4,6-11,16-17H,5,12-15H2,1H3,(H2,31,32,36). The zero-order valence-corrected chi connectivity index (χ0v) is 19.7. The van der Waals surface area contributed by atoms with Gasteiger partial charge in [0.25, 0.3) is 5.91 Å². The molecule has 0 aliphatic carbocycles. The van der Waals surface area contributed by atoms with Crippen molar-refractivity contribution in [1.82, 2.24) is 9.88 Å². The van der Waals surface area contributed by atoms with Crippen molar-refractivity contribution < 1.29 is 22.8 Å². The van der Waals surface area contributed by atoms with Gasteiger partial charge >= 0.3 is 12.2 Å². The van der Waals surface area contributed by atoms with Crippen LogP contribution < -0.4 is 15.5 Å². The highest BCUT2D eigenvalue weighted by Gasteiger charge is 2.30. The molecule has 2 N–H and O–H groups in total. The molecule has 10 heteroatoms. The molecule has 7 nitrogen and oxygen atoms in total. The van der Waals surface area contributed by atoms with E-state index in [1.54, 1.807) is 12.1 Å². The molecule has 1 aromatic heterocycles. The van der Waals surface area contributed by atoms with Gasteiger partial charge in [0.2, 0.25) is 0 Å². The monoisotopic (exact) mass is 497 g/mol. The van der Waals surface area contributed by atoms with Crippen molar-refractivity contribution in [3.63, 3.8) is 0 Å². The molecule has 2 aromatic carbocycles. The lowest BCUT2D eigenvalue weighted by Gasteiger charge is -2.23. The van der Waals surface area contributed by atoms with E-state index in [1.165, 1.54) is 18.3 Å². The number of pyridine rings is 1. The van der Waals surface area contributed by atoms with E-state index in [0.29, 0.717) is 36.7 Å². The first kappa shape index (κ1) is 25.0. The summed E-state index contributed by atoms with van der Waals surface area (Å²) in [5, 5.41) is 4.97. The summed E-state index contributed by atoms with van der Waals surface area (Å²) in [6.07, 6.45) is -2.22. The van der Waals surface area contributed by atoms with Gasteiger partial charge in [-0.2, -0.15) is 13.2 Å². The molecule has 0 unspecified atom stereocenters. The maximum Gasteiger partial charge on any atom is 0.416 e. The van der Waals surface area contributed by atoms with Crippen LogP contribution in [0.15, 0.2) is 66.9 Å². The Hall–Kier alpha value is -4.08. The zero-order chi connectivity index (χ0) is 25.7. The van der Waals surface area contributed by atoms with Crippen LogP contribution in [0.1, 0.15) is 27.9 Å². The topological polar surface area (TPSA) is 77.6 Å². The highest BCUT2D eigenvalue weighted by atomic mass is 19.4. The first-order valence-corrected chi connectivity index (χ1v) is 11.5. The Kier molecular flexibility index (Phi) is 7.42. The van der Waals surface area contributed by atoms with E-state index >= 15 is 0 Å². The van der Waals surface area contributed by atoms with Crippen LogP contribution in [-0.2, 0) is 6.18 Å². The summed E-state index contributed by atoms with van der Waals surface area (Å²) in [5.74, 6) is 0.735. The summed E-state index contributed by atoms with van der Waals surface area (Å²) in [6, 6.07) is 14.7. The third kappa shape index (κ3) is 6.12. The van der Waals surface area contributed by atoms with Crippen molar-refractivity contribution in [1.29, 1.82) is 0 Å². The van der Waals surface area contributed by atoms with Crippen LogP contribution in [0.25, 0.3) is 0 Å². The number of alkyl halides is 3. The summed E-state index contributed by atoms with van der Waals surface area (Å²) in [5.41, 5.74) is 1.24. The van der Waals surface area contributed by atoms with Gasteiger partial charge in [-0.3, -0.25) is 4.79 Å². The van der Waals surface area contributed by atoms with Gasteiger partial charge in [-0.15, -0.1) is 0 Å². The number of carbonyl (C=O) groups excluding carboxylic acids is 2. The highest BCUT2D eigenvalue weighted by molar-refractivity contribution is 5.99. The number of halogens is 3. The highest BCUT2D eigenvalue weighted by Crippen LogP contribution is 2.30. The van der Waals surface area contributed by atoms with Gasteiger partial charge in [0.05, 0.1) is 17.4 Å². The Morgan fingerprint density at radius 3 is 2.39 bits per heavy atom. The van der Waals surface area contributed by atoms with Crippen molar-refractivity contribution in [2.24, 2.45) is 0 Å². The normalized spacial score (nSPS) is 14.2. The summed E-state index contributed by atoms with van der Waals surface area (Å²) in [4.78, 5) is 33.6. The lowest BCUT2D eigenvalue weighted by Crippen LogP contribution is -2.35. The number of nitrogens with zero attached hydrogens (tertiary/aromatic N) is 3. The largest absolute Gasteiger partial charge is 0.416 e. The fourth-order valence-electron chi connectivity index (χ4n) is 4.05. The first-order valence-electron chi connectivity index (χ1n) is 11.5. The van der Waals surface area contributed by atoms with Gasteiger partial charge in [0.15, 0.2) is 0 Å². The van der Waals surface area contributed by atoms with Crippen LogP contribution in [0.4, 0.5) is 35.2 Å². The SMILES string of the molecule is Cc1ccccc1C(=O)N1CCCN(c2ccc(NC(=O)Nc3cccc(C(F)(F)F)c3)cn2)CC1. The quantitative estimate of drug-likeness (QED) is 0.506. The Morgan fingerprint density at radius 1 is 0.889 bits per heavy atom. The molecular formula is C26H26F3N5O2. The summed E-state index contributed by atoms with van der Waals surface area (Å²) in [6.45, 7) is 4.49. The van der Waals surface area contributed by atoms with Crippen molar-refractivity contribution in [3.05, 3.63) is 83.6 Å². The smallest absolute Gasteiger partial charge is 0.355 e. The second-order valence-electron chi connectivity index (χ2n) is 8.51. The molecule has 1 aliphatic heterocycles. The van der Waals surface area contributed by atoms with E-state index < -0.39 is 17.8 Å². The molecule has 3 amide bonds. The molecule has 0 spiro atoms. The first-order chi connectivity index (χ1) is 17.2. The minimum Gasteiger partial charge on any atom is -0.355 e.